The summed E-state index contributed by atoms with van der Waals surface area (Å²) >= 11 is 0. The zero-order valence-corrected chi connectivity index (χ0v) is 8.95. The van der Waals surface area contributed by atoms with Crippen LogP contribution in [0.1, 0.15) is 25.8 Å². The normalized spacial score (nSPS) is 9.73. The molecule has 0 saturated carbocycles. The molecule has 0 aliphatic carbocycles. The van der Waals surface area contributed by atoms with Gasteiger partial charge in [0.15, 0.2) is 0 Å². The first-order valence-corrected chi connectivity index (χ1v) is 4.91. The summed E-state index contributed by atoms with van der Waals surface area (Å²) in [5, 5.41) is 0. The molecule has 0 aromatic heterocycles. The molecule has 3 nitrogen and oxygen atoms in total. The van der Waals surface area contributed by atoms with Gasteiger partial charge in [-0.1, -0.05) is 19.1 Å². The number of Topliss-reactive ketones (excluding diaryl/α,β-unsaturated/α-hetero) is 1. The monoisotopic (exact) mass is 206 g/mol. The second-order valence-electron chi connectivity index (χ2n) is 3.31. The Kier molecular flexibility index (Phi) is 4.03. The zero-order chi connectivity index (χ0) is 11.3. The van der Waals surface area contributed by atoms with Gasteiger partial charge in [0.2, 0.25) is 0 Å². The van der Waals surface area contributed by atoms with Crippen molar-refractivity contribution in [3.05, 3.63) is 29.8 Å². The number of esters is 1. The molecular formula is C12H14O3. The fourth-order valence-electron chi connectivity index (χ4n) is 1.24. The molecule has 0 bridgehead atoms. The number of ether oxygens (including phenoxy) is 1. The lowest BCUT2D eigenvalue weighted by Crippen LogP contribution is -2.03. The van der Waals surface area contributed by atoms with Crippen LogP contribution in [0, 0.1) is 0 Å². The molecule has 1 aromatic rings. The van der Waals surface area contributed by atoms with E-state index in [0.29, 0.717) is 18.6 Å². The summed E-state index contributed by atoms with van der Waals surface area (Å²) in [6.45, 7) is 3.18. The van der Waals surface area contributed by atoms with E-state index < -0.39 is 0 Å². The molecule has 0 radical (unpaired) electrons. The summed E-state index contributed by atoms with van der Waals surface area (Å²) in [5.74, 6) is 0.313. The lowest BCUT2D eigenvalue weighted by atomic mass is 10.1. The first-order valence-electron chi connectivity index (χ1n) is 4.91. The SMILES string of the molecule is CCC(=O)Cc1cccc(OC(C)=O)c1. The summed E-state index contributed by atoms with van der Waals surface area (Å²) < 4.78 is 4.92. The van der Waals surface area contributed by atoms with Crippen LogP contribution in [-0.4, -0.2) is 11.8 Å². The van der Waals surface area contributed by atoms with Crippen molar-refractivity contribution in [3.8, 4) is 5.75 Å². The molecule has 0 saturated heterocycles. The van der Waals surface area contributed by atoms with E-state index in [0.717, 1.165) is 5.56 Å². The number of benzene rings is 1. The van der Waals surface area contributed by atoms with E-state index in [4.69, 9.17) is 4.74 Å². The molecule has 1 aromatic carbocycles. The van der Waals surface area contributed by atoms with Gasteiger partial charge in [-0.05, 0) is 17.7 Å². The van der Waals surface area contributed by atoms with Crippen LogP contribution in [0.2, 0.25) is 0 Å². The molecular weight excluding hydrogens is 192 g/mol. The van der Waals surface area contributed by atoms with E-state index in [-0.39, 0.29) is 11.8 Å². The Morgan fingerprint density at radius 2 is 2.07 bits per heavy atom. The van der Waals surface area contributed by atoms with E-state index in [9.17, 15) is 9.59 Å². The fraction of sp³-hybridized carbons (Fsp3) is 0.333. The summed E-state index contributed by atoms with van der Waals surface area (Å²) in [7, 11) is 0. The van der Waals surface area contributed by atoms with Crippen molar-refractivity contribution in [1.82, 2.24) is 0 Å². The molecule has 3 heteroatoms. The van der Waals surface area contributed by atoms with Crippen LogP contribution in [0.4, 0.5) is 0 Å². The lowest BCUT2D eigenvalue weighted by Gasteiger charge is -2.03. The summed E-state index contributed by atoms with van der Waals surface area (Å²) in [5.41, 5.74) is 0.876. The Bertz CT molecular complexity index is 369. The topological polar surface area (TPSA) is 43.4 Å². The largest absolute Gasteiger partial charge is 0.427 e. The van der Waals surface area contributed by atoms with Crippen LogP contribution in [0.5, 0.6) is 5.75 Å². The highest BCUT2D eigenvalue weighted by Gasteiger charge is 2.03. The van der Waals surface area contributed by atoms with Gasteiger partial charge < -0.3 is 4.74 Å². The van der Waals surface area contributed by atoms with Crippen molar-refractivity contribution in [2.75, 3.05) is 0 Å². The van der Waals surface area contributed by atoms with Crippen molar-refractivity contribution in [2.45, 2.75) is 26.7 Å². The second-order valence-corrected chi connectivity index (χ2v) is 3.31. The molecule has 1 rings (SSSR count). The maximum absolute atomic E-state index is 11.2. The highest BCUT2D eigenvalue weighted by Crippen LogP contribution is 2.14. The average molecular weight is 206 g/mol. The number of carbonyl (C=O) groups is 2. The number of hydrogen-bond acceptors (Lipinski definition) is 3. The molecule has 15 heavy (non-hydrogen) atoms. The van der Waals surface area contributed by atoms with Crippen LogP contribution < -0.4 is 4.74 Å². The molecule has 0 aliphatic rings. The van der Waals surface area contributed by atoms with Gasteiger partial charge in [0.25, 0.3) is 0 Å². The van der Waals surface area contributed by atoms with E-state index in [1.165, 1.54) is 6.92 Å². The van der Waals surface area contributed by atoms with Gasteiger partial charge >= 0.3 is 5.97 Å². The molecule has 80 valence electrons. The van der Waals surface area contributed by atoms with Crippen molar-refractivity contribution in [2.24, 2.45) is 0 Å². The number of ketones is 1. The quantitative estimate of drug-likeness (QED) is 0.560. The molecule has 0 fully saturated rings. The standard InChI is InChI=1S/C12H14O3/c1-3-11(14)7-10-5-4-6-12(8-10)15-9(2)13/h4-6,8H,3,7H2,1-2H3. The average Bonchev–Trinajstić information content (AvgIpc) is 2.17. The van der Waals surface area contributed by atoms with Gasteiger partial charge in [0.05, 0.1) is 0 Å². The molecule has 0 unspecified atom stereocenters. The Hall–Kier alpha value is -1.64. The third kappa shape index (κ3) is 3.94. The Labute approximate surface area is 89.1 Å². The first-order chi connectivity index (χ1) is 7.11. The predicted octanol–water partition coefficient (Wildman–Crippen LogP) is 2.13. The van der Waals surface area contributed by atoms with Crippen molar-refractivity contribution in [1.29, 1.82) is 0 Å². The summed E-state index contributed by atoms with van der Waals surface area (Å²) in [6, 6.07) is 7.04. The molecule has 0 N–H and O–H groups in total. The maximum atomic E-state index is 11.2. The van der Waals surface area contributed by atoms with Gasteiger partial charge in [-0.2, -0.15) is 0 Å². The number of carbonyl (C=O) groups excluding carboxylic acids is 2. The minimum Gasteiger partial charge on any atom is -0.427 e. The van der Waals surface area contributed by atoms with Crippen molar-refractivity contribution in [3.63, 3.8) is 0 Å². The smallest absolute Gasteiger partial charge is 0.308 e. The zero-order valence-electron chi connectivity index (χ0n) is 8.95. The number of hydrogen-bond donors (Lipinski definition) is 0. The summed E-state index contributed by atoms with van der Waals surface area (Å²) in [4.78, 5) is 21.9. The first kappa shape index (κ1) is 11.4. The van der Waals surface area contributed by atoms with Gasteiger partial charge in [0.1, 0.15) is 11.5 Å². The van der Waals surface area contributed by atoms with Crippen LogP contribution in [0.15, 0.2) is 24.3 Å². The van der Waals surface area contributed by atoms with E-state index in [2.05, 4.69) is 0 Å². The second kappa shape index (κ2) is 5.29. The maximum Gasteiger partial charge on any atom is 0.308 e. The van der Waals surface area contributed by atoms with E-state index in [1.807, 2.05) is 13.0 Å². The van der Waals surface area contributed by atoms with Crippen molar-refractivity contribution >= 4 is 11.8 Å². The predicted molar refractivity (Wildman–Crippen MR) is 56.8 cm³/mol. The third-order valence-electron chi connectivity index (χ3n) is 1.96. The van der Waals surface area contributed by atoms with Crippen LogP contribution >= 0.6 is 0 Å². The van der Waals surface area contributed by atoms with Gasteiger partial charge in [-0.3, -0.25) is 9.59 Å². The van der Waals surface area contributed by atoms with Gasteiger partial charge in [-0.15, -0.1) is 0 Å². The lowest BCUT2D eigenvalue weighted by molar-refractivity contribution is -0.131. The minimum atomic E-state index is -0.353. The van der Waals surface area contributed by atoms with Crippen LogP contribution in [-0.2, 0) is 16.0 Å². The van der Waals surface area contributed by atoms with Crippen LogP contribution in [0.3, 0.4) is 0 Å². The molecule has 0 amide bonds. The summed E-state index contributed by atoms with van der Waals surface area (Å²) in [6.07, 6.45) is 0.920. The molecule has 0 atom stereocenters. The highest BCUT2D eigenvalue weighted by atomic mass is 16.5. The van der Waals surface area contributed by atoms with Gasteiger partial charge in [-0.25, -0.2) is 0 Å². The Morgan fingerprint density at radius 3 is 2.67 bits per heavy atom. The highest BCUT2D eigenvalue weighted by molar-refractivity contribution is 5.80. The third-order valence-corrected chi connectivity index (χ3v) is 1.96. The van der Waals surface area contributed by atoms with Crippen LogP contribution in [0.25, 0.3) is 0 Å². The Balaban J connectivity index is 2.74. The minimum absolute atomic E-state index is 0.176. The molecule has 0 aliphatic heterocycles. The van der Waals surface area contributed by atoms with E-state index in [1.54, 1.807) is 18.2 Å². The molecule has 0 spiro atoms. The fourth-order valence-corrected chi connectivity index (χ4v) is 1.24. The number of rotatable bonds is 4. The Morgan fingerprint density at radius 1 is 1.33 bits per heavy atom. The van der Waals surface area contributed by atoms with E-state index >= 15 is 0 Å². The van der Waals surface area contributed by atoms with Crippen molar-refractivity contribution < 1.29 is 14.3 Å². The van der Waals surface area contributed by atoms with Gasteiger partial charge in [0, 0.05) is 19.8 Å². The molecule has 0 heterocycles.